The molecule has 0 unspecified atom stereocenters. The van der Waals surface area contributed by atoms with E-state index in [0.717, 1.165) is 6.29 Å². The van der Waals surface area contributed by atoms with Crippen LogP contribution in [0.25, 0.3) is 0 Å². The Morgan fingerprint density at radius 3 is 2.25 bits per heavy atom. The van der Waals surface area contributed by atoms with Crippen LogP contribution >= 0.6 is 0 Å². The highest BCUT2D eigenvalue weighted by Crippen LogP contribution is 2.14. The predicted octanol–water partition coefficient (Wildman–Crippen LogP) is 2.70. The second kappa shape index (κ2) is 4.92. The Morgan fingerprint density at radius 1 is 1.25 bits per heavy atom. The zero-order chi connectivity index (χ0) is 12.2. The minimum atomic E-state index is -0.354. The maximum Gasteiger partial charge on any atom is 0.338 e. The van der Waals surface area contributed by atoms with Crippen molar-refractivity contribution < 1.29 is 14.3 Å². The van der Waals surface area contributed by atoms with Crippen molar-refractivity contribution >= 4 is 12.3 Å². The summed E-state index contributed by atoms with van der Waals surface area (Å²) in [6, 6.07) is 6.38. The van der Waals surface area contributed by atoms with Crippen LogP contribution in [0.15, 0.2) is 24.3 Å². The average molecular weight is 220 g/mol. The number of esters is 1. The quantitative estimate of drug-likeness (QED) is 0.581. The van der Waals surface area contributed by atoms with Crippen LogP contribution in [0, 0.1) is 5.41 Å². The molecule has 0 fully saturated rings. The van der Waals surface area contributed by atoms with Gasteiger partial charge in [0, 0.05) is 5.56 Å². The van der Waals surface area contributed by atoms with E-state index in [1.807, 2.05) is 20.8 Å². The van der Waals surface area contributed by atoms with Crippen molar-refractivity contribution in [2.45, 2.75) is 20.8 Å². The molecule has 0 amide bonds. The lowest BCUT2D eigenvalue weighted by Gasteiger charge is -2.17. The van der Waals surface area contributed by atoms with Crippen molar-refractivity contribution in [2.75, 3.05) is 6.61 Å². The highest BCUT2D eigenvalue weighted by Gasteiger charge is 2.14. The highest BCUT2D eigenvalue weighted by atomic mass is 16.5. The van der Waals surface area contributed by atoms with Crippen molar-refractivity contribution in [3.63, 3.8) is 0 Å². The molecule has 0 radical (unpaired) electrons. The van der Waals surface area contributed by atoms with Gasteiger partial charge in [0.25, 0.3) is 0 Å². The first-order chi connectivity index (χ1) is 7.42. The standard InChI is InChI=1S/C13H16O3/c1-13(2,3)9-16-12(15)11-6-4-10(8-14)5-7-11/h4-8H,9H2,1-3H3. The number of hydrogen-bond acceptors (Lipinski definition) is 3. The summed E-state index contributed by atoms with van der Waals surface area (Å²) in [6.07, 6.45) is 0.740. The Morgan fingerprint density at radius 2 is 1.81 bits per heavy atom. The maximum atomic E-state index is 11.6. The van der Waals surface area contributed by atoms with E-state index in [9.17, 15) is 9.59 Å². The van der Waals surface area contributed by atoms with Crippen LogP contribution in [0.4, 0.5) is 0 Å². The van der Waals surface area contributed by atoms with E-state index in [4.69, 9.17) is 4.74 Å². The van der Waals surface area contributed by atoms with E-state index in [2.05, 4.69) is 0 Å². The van der Waals surface area contributed by atoms with E-state index in [0.29, 0.717) is 17.7 Å². The fourth-order valence-electron chi connectivity index (χ4n) is 1.06. The molecule has 0 aliphatic heterocycles. The third kappa shape index (κ3) is 3.85. The van der Waals surface area contributed by atoms with Gasteiger partial charge >= 0.3 is 5.97 Å². The van der Waals surface area contributed by atoms with Crippen LogP contribution in [-0.2, 0) is 4.74 Å². The molecule has 0 atom stereocenters. The van der Waals surface area contributed by atoms with Gasteiger partial charge in [0.05, 0.1) is 12.2 Å². The predicted molar refractivity (Wildman–Crippen MR) is 61.6 cm³/mol. The SMILES string of the molecule is CC(C)(C)COC(=O)c1ccc(C=O)cc1. The number of benzene rings is 1. The lowest BCUT2D eigenvalue weighted by atomic mass is 9.99. The van der Waals surface area contributed by atoms with Gasteiger partial charge < -0.3 is 4.74 Å². The molecule has 0 spiro atoms. The van der Waals surface area contributed by atoms with Crippen LogP contribution < -0.4 is 0 Å². The summed E-state index contributed by atoms with van der Waals surface area (Å²) in [5, 5.41) is 0. The van der Waals surface area contributed by atoms with Crippen LogP contribution in [0.2, 0.25) is 0 Å². The van der Waals surface area contributed by atoms with Gasteiger partial charge in [-0.05, 0) is 17.5 Å². The fraction of sp³-hybridized carbons (Fsp3) is 0.385. The van der Waals surface area contributed by atoms with Gasteiger partial charge in [-0.3, -0.25) is 4.79 Å². The van der Waals surface area contributed by atoms with Crippen molar-refractivity contribution in [1.29, 1.82) is 0 Å². The van der Waals surface area contributed by atoms with E-state index < -0.39 is 0 Å². The summed E-state index contributed by atoms with van der Waals surface area (Å²) in [7, 11) is 0. The summed E-state index contributed by atoms with van der Waals surface area (Å²) in [5.41, 5.74) is 0.973. The molecule has 0 saturated heterocycles. The highest BCUT2D eigenvalue weighted by molar-refractivity contribution is 5.90. The molecule has 0 saturated carbocycles. The molecule has 3 nitrogen and oxygen atoms in total. The van der Waals surface area contributed by atoms with E-state index in [1.165, 1.54) is 0 Å². The van der Waals surface area contributed by atoms with Gasteiger partial charge in [-0.15, -0.1) is 0 Å². The molecule has 0 aliphatic carbocycles. The lowest BCUT2D eigenvalue weighted by Crippen LogP contribution is -2.18. The minimum absolute atomic E-state index is 0.0433. The summed E-state index contributed by atoms with van der Waals surface area (Å²) in [5.74, 6) is -0.354. The Bertz CT molecular complexity index is 371. The molecule has 0 N–H and O–H groups in total. The second-order valence-corrected chi connectivity index (χ2v) is 4.88. The first kappa shape index (κ1) is 12.4. The van der Waals surface area contributed by atoms with Gasteiger partial charge in [0.2, 0.25) is 0 Å². The molecule has 3 heteroatoms. The maximum absolute atomic E-state index is 11.6. The zero-order valence-corrected chi connectivity index (χ0v) is 9.82. The Labute approximate surface area is 95.4 Å². The van der Waals surface area contributed by atoms with E-state index >= 15 is 0 Å². The number of carbonyl (C=O) groups excluding carboxylic acids is 2. The molecule has 0 aromatic heterocycles. The van der Waals surface area contributed by atoms with Crippen molar-refractivity contribution in [2.24, 2.45) is 5.41 Å². The summed E-state index contributed by atoms with van der Waals surface area (Å²) in [6.45, 7) is 6.36. The minimum Gasteiger partial charge on any atom is -0.462 e. The van der Waals surface area contributed by atoms with Crippen LogP contribution in [0.3, 0.4) is 0 Å². The monoisotopic (exact) mass is 220 g/mol. The largest absolute Gasteiger partial charge is 0.462 e. The second-order valence-electron chi connectivity index (χ2n) is 4.88. The molecule has 86 valence electrons. The molecule has 16 heavy (non-hydrogen) atoms. The third-order valence-corrected chi connectivity index (χ3v) is 1.92. The van der Waals surface area contributed by atoms with Crippen LogP contribution in [0.5, 0.6) is 0 Å². The Hall–Kier alpha value is -1.64. The van der Waals surface area contributed by atoms with Crippen molar-refractivity contribution in [3.05, 3.63) is 35.4 Å². The zero-order valence-electron chi connectivity index (χ0n) is 9.82. The van der Waals surface area contributed by atoms with E-state index in [1.54, 1.807) is 24.3 Å². The number of rotatable bonds is 3. The van der Waals surface area contributed by atoms with Gasteiger partial charge in [-0.25, -0.2) is 4.79 Å². The third-order valence-electron chi connectivity index (χ3n) is 1.92. The summed E-state index contributed by atoms with van der Waals surface area (Å²) in [4.78, 5) is 22.0. The van der Waals surface area contributed by atoms with Gasteiger partial charge in [0.1, 0.15) is 6.29 Å². The normalized spacial score (nSPS) is 10.9. The van der Waals surface area contributed by atoms with Crippen LogP contribution in [0.1, 0.15) is 41.5 Å². The summed E-state index contributed by atoms with van der Waals surface area (Å²) < 4.78 is 5.14. The number of aldehydes is 1. The molecule has 1 aromatic carbocycles. The van der Waals surface area contributed by atoms with E-state index in [-0.39, 0.29) is 11.4 Å². The number of hydrogen-bond donors (Lipinski definition) is 0. The average Bonchev–Trinajstić information content (AvgIpc) is 2.25. The number of carbonyl (C=O) groups is 2. The lowest BCUT2D eigenvalue weighted by molar-refractivity contribution is 0.0367. The smallest absolute Gasteiger partial charge is 0.338 e. The number of ether oxygens (including phenoxy) is 1. The summed E-state index contributed by atoms with van der Waals surface area (Å²) >= 11 is 0. The molecule has 0 aliphatic rings. The van der Waals surface area contributed by atoms with Crippen molar-refractivity contribution in [3.8, 4) is 0 Å². The van der Waals surface area contributed by atoms with Crippen LogP contribution in [-0.4, -0.2) is 18.9 Å². The molecule has 0 bridgehead atoms. The van der Waals surface area contributed by atoms with Gasteiger partial charge in [-0.2, -0.15) is 0 Å². The molecule has 1 rings (SSSR count). The topological polar surface area (TPSA) is 43.4 Å². The molecule has 0 heterocycles. The molecular formula is C13H16O3. The Kier molecular flexibility index (Phi) is 3.82. The van der Waals surface area contributed by atoms with Crippen molar-refractivity contribution in [1.82, 2.24) is 0 Å². The fourth-order valence-corrected chi connectivity index (χ4v) is 1.06. The Balaban J connectivity index is 2.63. The molecule has 1 aromatic rings. The van der Waals surface area contributed by atoms with Gasteiger partial charge in [-0.1, -0.05) is 32.9 Å². The van der Waals surface area contributed by atoms with Gasteiger partial charge in [0.15, 0.2) is 0 Å². The molecular weight excluding hydrogens is 204 g/mol. The first-order valence-corrected chi connectivity index (χ1v) is 5.15. The first-order valence-electron chi connectivity index (χ1n) is 5.15.